The molecule has 1 aliphatic rings. The minimum Gasteiger partial charge on any atom is -0.396 e. The molecule has 1 fully saturated rings. The number of nitrogens with one attached hydrogen (secondary N) is 1. The summed E-state index contributed by atoms with van der Waals surface area (Å²) in [5, 5.41) is 11.7. The van der Waals surface area contributed by atoms with Crippen LogP contribution in [0.4, 0.5) is 10.5 Å². The van der Waals surface area contributed by atoms with E-state index in [2.05, 4.69) is 5.32 Å². The minimum atomic E-state index is -0.0628. The second kappa shape index (κ2) is 5.68. The lowest BCUT2D eigenvalue weighted by atomic mass is 10.3. The molecule has 0 heterocycles. The van der Waals surface area contributed by atoms with Crippen molar-refractivity contribution >= 4 is 11.7 Å². The average Bonchev–Trinajstić information content (AvgIpc) is 3.15. The quantitative estimate of drug-likeness (QED) is 0.819. The molecule has 2 N–H and O–H groups in total. The number of para-hydroxylation sites is 1. The number of benzene rings is 1. The van der Waals surface area contributed by atoms with Crippen LogP contribution in [0, 0.1) is 0 Å². The van der Waals surface area contributed by atoms with Crippen LogP contribution >= 0.6 is 0 Å². The Morgan fingerprint density at radius 2 is 2.06 bits per heavy atom. The lowest BCUT2D eigenvalue weighted by Crippen LogP contribution is -2.37. The van der Waals surface area contributed by atoms with Gasteiger partial charge in [-0.05, 0) is 31.4 Å². The Labute approximate surface area is 101 Å². The van der Waals surface area contributed by atoms with E-state index in [9.17, 15) is 4.79 Å². The Kier molecular flexibility index (Phi) is 3.98. The van der Waals surface area contributed by atoms with Crippen LogP contribution in [-0.4, -0.2) is 35.2 Å². The van der Waals surface area contributed by atoms with Crippen LogP contribution in [0.5, 0.6) is 0 Å². The van der Waals surface area contributed by atoms with Crippen molar-refractivity contribution in [1.29, 1.82) is 0 Å². The maximum absolute atomic E-state index is 12.0. The molecular weight excluding hydrogens is 216 g/mol. The molecule has 2 amide bonds. The summed E-state index contributed by atoms with van der Waals surface area (Å²) < 4.78 is 0. The van der Waals surface area contributed by atoms with Crippen LogP contribution in [0.1, 0.15) is 19.3 Å². The van der Waals surface area contributed by atoms with E-state index in [-0.39, 0.29) is 12.6 Å². The maximum Gasteiger partial charge on any atom is 0.322 e. The summed E-state index contributed by atoms with van der Waals surface area (Å²) in [5.41, 5.74) is 0.812. The van der Waals surface area contributed by atoms with Gasteiger partial charge in [0.2, 0.25) is 0 Å². The van der Waals surface area contributed by atoms with Crippen LogP contribution in [0.25, 0.3) is 0 Å². The highest BCUT2D eigenvalue weighted by Gasteiger charge is 2.32. The molecule has 0 radical (unpaired) electrons. The normalized spacial score (nSPS) is 14.4. The number of aliphatic hydroxyl groups excluding tert-OH is 1. The topological polar surface area (TPSA) is 52.6 Å². The highest BCUT2D eigenvalue weighted by atomic mass is 16.3. The van der Waals surface area contributed by atoms with E-state index in [1.54, 1.807) is 0 Å². The third-order valence-corrected chi connectivity index (χ3v) is 2.83. The zero-order valence-corrected chi connectivity index (χ0v) is 9.80. The largest absolute Gasteiger partial charge is 0.396 e. The molecule has 2 rings (SSSR count). The predicted molar refractivity (Wildman–Crippen MR) is 66.9 cm³/mol. The summed E-state index contributed by atoms with van der Waals surface area (Å²) in [6, 6.07) is 9.75. The third-order valence-electron chi connectivity index (χ3n) is 2.83. The standard InChI is InChI=1S/C13H18N2O2/c16-10-4-9-15(12-7-8-12)13(17)14-11-5-2-1-3-6-11/h1-3,5-6,12,16H,4,7-10H2,(H,14,17). The van der Waals surface area contributed by atoms with E-state index in [0.29, 0.717) is 19.0 Å². The first-order valence-electron chi connectivity index (χ1n) is 6.05. The van der Waals surface area contributed by atoms with Crippen LogP contribution < -0.4 is 5.32 Å². The summed E-state index contributed by atoms with van der Waals surface area (Å²) in [6.07, 6.45) is 2.79. The molecule has 0 saturated heterocycles. The van der Waals surface area contributed by atoms with Gasteiger partial charge < -0.3 is 15.3 Å². The molecule has 1 saturated carbocycles. The number of rotatable bonds is 5. The van der Waals surface area contributed by atoms with Gasteiger partial charge in [-0.1, -0.05) is 18.2 Å². The van der Waals surface area contributed by atoms with Crippen LogP contribution in [0.2, 0.25) is 0 Å². The van der Waals surface area contributed by atoms with Crippen molar-refractivity contribution < 1.29 is 9.90 Å². The molecule has 92 valence electrons. The summed E-state index contributed by atoms with van der Waals surface area (Å²) in [5.74, 6) is 0. The molecular formula is C13H18N2O2. The van der Waals surface area contributed by atoms with E-state index in [4.69, 9.17) is 5.11 Å². The van der Waals surface area contributed by atoms with Crippen LogP contribution in [0.15, 0.2) is 30.3 Å². The molecule has 0 spiro atoms. The molecule has 0 unspecified atom stereocenters. The number of aliphatic hydroxyl groups is 1. The molecule has 1 aliphatic carbocycles. The molecule has 4 heteroatoms. The van der Waals surface area contributed by atoms with Gasteiger partial charge in [-0.25, -0.2) is 4.79 Å². The first-order chi connectivity index (χ1) is 8.31. The number of hydrogen-bond donors (Lipinski definition) is 2. The Morgan fingerprint density at radius 3 is 2.65 bits per heavy atom. The summed E-state index contributed by atoms with van der Waals surface area (Å²) in [4.78, 5) is 13.9. The van der Waals surface area contributed by atoms with Gasteiger partial charge in [0, 0.05) is 24.9 Å². The van der Waals surface area contributed by atoms with Gasteiger partial charge in [0.05, 0.1) is 0 Å². The van der Waals surface area contributed by atoms with Crippen LogP contribution in [-0.2, 0) is 0 Å². The van der Waals surface area contributed by atoms with Gasteiger partial charge >= 0.3 is 6.03 Å². The van der Waals surface area contributed by atoms with E-state index in [1.165, 1.54) is 0 Å². The van der Waals surface area contributed by atoms with E-state index >= 15 is 0 Å². The average molecular weight is 234 g/mol. The fourth-order valence-electron chi connectivity index (χ4n) is 1.79. The van der Waals surface area contributed by atoms with Crippen molar-refractivity contribution in [2.45, 2.75) is 25.3 Å². The first-order valence-corrected chi connectivity index (χ1v) is 6.05. The predicted octanol–water partition coefficient (Wildman–Crippen LogP) is 2.07. The third kappa shape index (κ3) is 3.46. The zero-order chi connectivity index (χ0) is 12.1. The molecule has 0 aromatic heterocycles. The molecule has 1 aromatic carbocycles. The summed E-state index contributed by atoms with van der Waals surface area (Å²) in [7, 11) is 0. The Morgan fingerprint density at radius 1 is 1.35 bits per heavy atom. The molecule has 17 heavy (non-hydrogen) atoms. The highest BCUT2D eigenvalue weighted by molar-refractivity contribution is 5.89. The molecule has 0 aliphatic heterocycles. The van der Waals surface area contributed by atoms with Crippen molar-refractivity contribution in [3.8, 4) is 0 Å². The number of urea groups is 1. The summed E-state index contributed by atoms with van der Waals surface area (Å²) >= 11 is 0. The molecule has 4 nitrogen and oxygen atoms in total. The number of nitrogens with zero attached hydrogens (tertiary/aromatic N) is 1. The number of anilines is 1. The Hall–Kier alpha value is -1.55. The van der Waals surface area contributed by atoms with Gasteiger partial charge in [0.25, 0.3) is 0 Å². The van der Waals surface area contributed by atoms with Gasteiger partial charge in [-0.2, -0.15) is 0 Å². The van der Waals surface area contributed by atoms with Crippen molar-refractivity contribution in [2.24, 2.45) is 0 Å². The SMILES string of the molecule is O=C(Nc1ccccc1)N(CCCO)C1CC1. The van der Waals surface area contributed by atoms with Crippen molar-refractivity contribution in [3.05, 3.63) is 30.3 Å². The number of carbonyl (C=O) groups is 1. The second-order valence-electron chi connectivity index (χ2n) is 4.30. The first kappa shape index (κ1) is 11.9. The van der Waals surface area contributed by atoms with Crippen LogP contribution in [0.3, 0.4) is 0 Å². The highest BCUT2D eigenvalue weighted by Crippen LogP contribution is 2.27. The zero-order valence-electron chi connectivity index (χ0n) is 9.80. The summed E-state index contributed by atoms with van der Waals surface area (Å²) in [6.45, 7) is 0.752. The van der Waals surface area contributed by atoms with Gasteiger partial charge in [0.15, 0.2) is 0 Å². The molecule has 0 bridgehead atoms. The minimum absolute atomic E-state index is 0.0628. The lowest BCUT2D eigenvalue weighted by molar-refractivity contribution is 0.199. The van der Waals surface area contributed by atoms with E-state index in [1.807, 2.05) is 35.2 Å². The van der Waals surface area contributed by atoms with Gasteiger partial charge in [-0.15, -0.1) is 0 Å². The fourth-order valence-corrected chi connectivity index (χ4v) is 1.79. The van der Waals surface area contributed by atoms with Crippen molar-refractivity contribution in [1.82, 2.24) is 4.90 Å². The molecule has 1 aromatic rings. The Balaban J connectivity index is 1.92. The molecule has 0 atom stereocenters. The van der Waals surface area contributed by atoms with Gasteiger partial charge in [0.1, 0.15) is 0 Å². The number of amides is 2. The maximum atomic E-state index is 12.0. The fraction of sp³-hybridized carbons (Fsp3) is 0.462. The monoisotopic (exact) mass is 234 g/mol. The second-order valence-corrected chi connectivity index (χ2v) is 4.30. The van der Waals surface area contributed by atoms with E-state index in [0.717, 1.165) is 18.5 Å². The van der Waals surface area contributed by atoms with Crippen molar-refractivity contribution in [3.63, 3.8) is 0 Å². The Bertz CT molecular complexity index is 363. The lowest BCUT2D eigenvalue weighted by Gasteiger charge is -2.22. The van der Waals surface area contributed by atoms with E-state index < -0.39 is 0 Å². The number of hydrogen-bond acceptors (Lipinski definition) is 2. The number of carbonyl (C=O) groups excluding carboxylic acids is 1. The smallest absolute Gasteiger partial charge is 0.322 e. The van der Waals surface area contributed by atoms with Crippen molar-refractivity contribution in [2.75, 3.05) is 18.5 Å². The van der Waals surface area contributed by atoms with Gasteiger partial charge in [-0.3, -0.25) is 0 Å².